The lowest BCUT2D eigenvalue weighted by Crippen LogP contribution is -2.50. The van der Waals surface area contributed by atoms with Crippen LogP contribution in [0, 0.1) is 0 Å². The first-order valence-corrected chi connectivity index (χ1v) is 5.47. The van der Waals surface area contributed by atoms with Gasteiger partial charge in [-0.3, -0.25) is 9.69 Å². The Balaban J connectivity index is 2.30. The van der Waals surface area contributed by atoms with Crippen LogP contribution in [0.5, 0.6) is 0 Å². The van der Waals surface area contributed by atoms with Crippen molar-refractivity contribution in [3.63, 3.8) is 0 Å². The predicted molar refractivity (Wildman–Crippen MR) is 52.8 cm³/mol. The molecule has 0 aromatic heterocycles. The van der Waals surface area contributed by atoms with Gasteiger partial charge in [0.05, 0.1) is 5.57 Å². The summed E-state index contributed by atoms with van der Waals surface area (Å²) in [6.45, 7) is 0. The van der Waals surface area contributed by atoms with E-state index in [2.05, 4.69) is 21.7 Å². The Morgan fingerprint density at radius 2 is 2.67 bits per heavy atom. The van der Waals surface area contributed by atoms with E-state index in [1.807, 2.05) is 12.3 Å². The molecule has 0 saturated carbocycles. The van der Waals surface area contributed by atoms with Gasteiger partial charge in [-0.05, 0) is 0 Å². The van der Waals surface area contributed by atoms with E-state index in [1.165, 1.54) is 0 Å². The number of fused-ring (bicyclic) bond motifs is 1. The fourth-order valence-corrected chi connectivity index (χ4v) is 2.52. The lowest BCUT2D eigenvalue weighted by Gasteiger charge is -2.40. The molecular formula is C8H6BrNOS. The first kappa shape index (κ1) is 8.17. The fourth-order valence-electron chi connectivity index (χ4n) is 1.23. The van der Waals surface area contributed by atoms with Crippen LogP contribution in [0.3, 0.4) is 0 Å². The first-order valence-electron chi connectivity index (χ1n) is 3.51. The molecule has 1 fully saturated rings. The second-order valence-corrected chi connectivity index (χ2v) is 4.02. The number of hydrogen-bond donors (Lipinski definition) is 0. The minimum Gasteiger partial charge on any atom is -0.297 e. The monoisotopic (exact) mass is 243 g/mol. The summed E-state index contributed by atoms with van der Waals surface area (Å²) in [6.07, 6.45) is 3.84. The number of nitrogens with zero attached hydrogens (tertiary/aromatic N) is 1. The van der Waals surface area contributed by atoms with Crippen LogP contribution in [0.15, 0.2) is 28.6 Å². The number of halogens is 1. The molecule has 0 bridgehead atoms. The van der Waals surface area contributed by atoms with Crippen molar-refractivity contribution in [2.45, 2.75) is 5.37 Å². The van der Waals surface area contributed by atoms with E-state index in [-0.39, 0.29) is 11.3 Å². The Morgan fingerprint density at radius 3 is 3.42 bits per heavy atom. The van der Waals surface area contributed by atoms with Crippen LogP contribution in [-0.2, 0) is 4.79 Å². The van der Waals surface area contributed by atoms with Gasteiger partial charge in [-0.25, -0.2) is 0 Å². The van der Waals surface area contributed by atoms with Crippen LogP contribution in [0.2, 0.25) is 0 Å². The molecule has 12 heavy (non-hydrogen) atoms. The van der Waals surface area contributed by atoms with Gasteiger partial charge < -0.3 is 0 Å². The van der Waals surface area contributed by atoms with Crippen LogP contribution in [0.25, 0.3) is 0 Å². The third kappa shape index (κ3) is 1.07. The van der Waals surface area contributed by atoms with Crippen molar-refractivity contribution in [1.29, 1.82) is 0 Å². The van der Waals surface area contributed by atoms with Gasteiger partial charge in [-0.1, -0.05) is 22.0 Å². The van der Waals surface area contributed by atoms with Crippen LogP contribution < -0.4 is 0 Å². The molecule has 2 heterocycles. The first-order chi connectivity index (χ1) is 5.84. The quantitative estimate of drug-likeness (QED) is 0.368. The Bertz CT molecular complexity index is 317. The molecule has 0 radical (unpaired) electrons. The van der Waals surface area contributed by atoms with Crippen LogP contribution in [0.4, 0.5) is 0 Å². The second-order valence-electron chi connectivity index (χ2n) is 2.45. The molecular weight excluding hydrogens is 238 g/mol. The van der Waals surface area contributed by atoms with Gasteiger partial charge in [0, 0.05) is 16.9 Å². The lowest BCUT2D eigenvalue weighted by atomic mass is 10.1. The van der Waals surface area contributed by atoms with Crippen LogP contribution in [0.1, 0.15) is 0 Å². The third-order valence-corrected chi connectivity index (χ3v) is 3.18. The van der Waals surface area contributed by atoms with E-state index < -0.39 is 0 Å². The maximum Gasteiger partial charge on any atom is 0.265 e. The number of carbonyl (C=O) groups excluding carboxylic acids is 1. The van der Waals surface area contributed by atoms with Crippen LogP contribution in [-0.4, -0.2) is 21.9 Å². The Morgan fingerprint density at radius 1 is 1.83 bits per heavy atom. The molecule has 4 heteroatoms. The van der Waals surface area contributed by atoms with E-state index in [0.717, 1.165) is 11.3 Å². The summed E-state index contributed by atoms with van der Waals surface area (Å²) in [5, 5.41) is 0.205. The normalized spacial score (nSPS) is 26.1. The fraction of sp³-hybridized carbons (Fsp3) is 0.250. The molecule has 1 amide bonds. The number of β-lactam (4-membered cyclic amide) rings is 1. The zero-order valence-electron chi connectivity index (χ0n) is 6.16. The SMILES string of the molecule is O=C1C(=C=CBr)[C@@H]2SCC=CN12. The second kappa shape index (κ2) is 3.13. The van der Waals surface area contributed by atoms with Crippen molar-refractivity contribution in [1.82, 2.24) is 4.90 Å². The molecule has 1 saturated heterocycles. The molecule has 2 aliphatic heterocycles. The Labute approximate surface area is 83.1 Å². The number of rotatable bonds is 0. The van der Waals surface area contributed by atoms with Gasteiger partial charge in [-0.2, -0.15) is 0 Å². The number of carbonyl (C=O) groups is 1. The molecule has 0 unspecified atom stereocenters. The Hall–Kier alpha value is -0.440. The maximum atomic E-state index is 11.3. The molecule has 0 N–H and O–H groups in total. The van der Waals surface area contributed by atoms with Crippen molar-refractivity contribution in [2.75, 3.05) is 5.75 Å². The van der Waals surface area contributed by atoms with Crippen molar-refractivity contribution >= 4 is 33.6 Å². The highest BCUT2D eigenvalue weighted by molar-refractivity contribution is 9.11. The maximum absolute atomic E-state index is 11.3. The molecule has 2 nitrogen and oxygen atoms in total. The number of hydrogen-bond acceptors (Lipinski definition) is 2. The number of amides is 1. The van der Waals surface area contributed by atoms with E-state index in [9.17, 15) is 4.79 Å². The highest BCUT2D eigenvalue weighted by atomic mass is 79.9. The molecule has 0 spiro atoms. The standard InChI is InChI=1S/C8H6BrNOS/c9-3-2-6-7(11)10-4-1-5-12-8(6)10/h1,3-4,8H,5H2/t2?,8-/m0/s1. The topological polar surface area (TPSA) is 20.3 Å². The smallest absolute Gasteiger partial charge is 0.265 e. The summed E-state index contributed by atoms with van der Waals surface area (Å²) in [4.78, 5) is 14.6. The summed E-state index contributed by atoms with van der Waals surface area (Å²) in [7, 11) is 0. The molecule has 1 atom stereocenters. The Kier molecular flexibility index (Phi) is 2.13. The van der Waals surface area contributed by atoms with E-state index in [1.54, 1.807) is 21.6 Å². The molecule has 0 aliphatic carbocycles. The zero-order valence-corrected chi connectivity index (χ0v) is 8.56. The average molecular weight is 244 g/mol. The van der Waals surface area contributed by atoms with Crippen molar-refractivity contribution in [2.24, 2.45) is 0 Å². The van der Waals surface area contributed by atoms with Crippen molar-refractivity contribution in [3.05, 3.63) is 28.6 Å². The lowest BCUT2D eigenvalue weighted by molar-refractivity contribution is -0.130. The highest BCUT2D eigenvalue weighted by Gasteiger charge is 2.42. The number of thioether (sulfide) groups is 1. The van der Waals surface area contributed by atoms with Gasteiger partial charge in [0.15, 0.2) is 0 Å². The summed E-state index contributed by atoms with van der Waals surface area (Å²) < 4.78 is 0. The van der Waals surface area contributed by atoms with Gasteiger partial charge in [0.25, 0.3) is 5.91 Å². The van der Waals surface area contributed by atoms with Gasteiger partial charge in [0.2, 0.25) is 0 Å². The summed E-state index contributed by atoms with van der Waals surface area (Å²) in [5.41, 5.74) is 3.66. The third-order valence-electron chi connectivity index (χ3n) is 1.79. The van der Waals surface area contributed by atoms with Gasteiger partial charge in [-0.15, -0.1) is 17.5 Å². The molecule has 2 aliphatic rings. The largest absolute Gasteiger partial charge is 0.297 e. The van der Waals surface area contributed by atoms with Gasteiger partial charge in [0.1, 0.15) is 5.37 Å². The van der Waals surface area contributed by atoms with Gasteiger partial charge >= 0.3 is 0 Å². The zero-order chi connectivity index (χ0) is 8.55. The van der Waals surface area contributed by atoms with Crippen molar-refractivity contribution < 1.29 is 4.79 Å². The minimum absolute atomic E-state index is 0.0687. The predicted octanol–water partition coefficient (Wildman–Crippen LogP) is 1.85. The summed E-state index contributed by atoms with van der Waals surface area (Å²) in [5.74, 6) is 1.04. The van der Waals surface area contributed by atoms with Crippen molar-refractivity contribution in [3.8, 4) is 0 Å². The minimum atomic E-state index is 0.0687. The molecule has 0 aromatic carbocycles. The van der Waals surface area contributed by atoms with E-state index in [0.29, 0.717) is 0 Å². The van der Waals surface area contributed by atoms with E-state index in [4.69, 9.17) is 0 Å². The molecule has 62 valence electrons. The molecule has 0 aromatic rings. The summed E-state index contributed by atoms with van der Waals surface area (Å²) >= 11 is 4.86. The van der Waals surface area contributed by atoms with Crippen LogP contribution >= 0.6 is 27.7 Å². The highest BCUT2D eigenvalue weighted by Crippen LogP contribution is 2.36. The summed E-state index contributed by atoms with van der Waals surface area (Å²) in [6, 6.07) is 0. The van der Waals surface area contributed by atoms with E-state index >= 15 is 0 Å². The average Bonchev–Trinajstić information content (AvgIpc) is 2.13. The molecule has 2 rings (SSSR count).